The number of ketones is 1. The maximum Gasteiger partial charge on any atom is 0.208 e. The SMILES string of the molecule is CC1=CC(=O)C(=N[O])C(C)=C1. The summed E-state index contributed by atoms with van der Waals surface area (Å²) in [5.41, 5.74) is 1.53. The Hall–Kier alpha value is -1.38. The Labute approximate surface area is 64.7 Å². The van der Waals surface area contributed by atoms with E-state index in [2.05, 4.69) is 5.16 Å². The summed E-state index contributed by atoms with van der Waals surface area (Å²) in [6.07, 6.45) is 3.17. The number of hydrogen-bond donors (Lipinski definition) is 0. The van der Waals surface area contributed by atoms with Crippen LogP contribution in [0.15, 0.2) is 28.5 Å². The van der Waals surface area contributed by atoms with Crippen molar-refractivity contribution < 1.29 is 10.0 Å². The summed E-state index contributed by atoms with van der Waals surface area (Å²) >= 11 is 0. The first kappa shape index (κ1) is 7.72. The molecule has 0 aromatic rings. The van der Waals surface area contributed by atoms with E-state index in [1.165, 1.54) is 6.08 Å². The fraction of sp³-hybridized carbons (Fsp3) is 0.250. The first-order chi connectivity index (χ1) is 5.15. The molecule has 0 aromatic heterocycles. The molecule has 0 bridgehead atoms. The largest absolute Gasteiger partial charge is 0.287 e. The van der Waals surface area contributed by atoms with E-state index in [-0.39, 0.29) is 11.5 Å². The van der Waals surface area contributed by atoms with E-state index in [0.29, 0.717) is 5.57 Å². The zero-order valence-corrected chi connectivity index (χ0v) is 6.42. The third-order valence-corrected chi connectivity index (χ3v) is 1.50. The molecule has 0 heterocycles. The molecular weight excluding hydrogens is 142 g/mol. The third-order valence-electron chi connectivity index (χ3n) is 1.50. The lowest BCUT2D eigenvalue weighted by Gasteiger charge is -2.05. The van der Waals surface area contributed by atoms with Crippen LogP contribution in [0.2, 0.25) is 0 Å². The van der Waals surface area contributed by atoms with Crippen LogP contribution in [0.3, 0.4) is 0 Å². The summed E-state index contributed by atoms with van der Waals surface area (Å²) in [5, 5.41) is 12.8. The predicted molar refractivity (Wildman–Crippen MR) is 40.6 cm³/mol. The molecule has 0 amide bonds. The van der Waals surface area contributed by atoms with E-state index < -0.39 is 0 Å². The van der Waals surface area contributed by atoms with Crippen LogP contribution in [0, 0.1) is 0 Å². The minimum absolute atomic E-state index is 0.0237. The zero-order chi connectivity index (χ0) is 8.43. The summed E-state index contributed by atoms with van der Waals surface area (Å²) in [6.45, 7) is 3.51. The maximum atomic E-state index is 11.0. The van der Waals surface area contributed by atoms with Crippen molar-refractivity contribution in [2.24, 2.45) is 5.16 Å². The van der Waals surface area contributed by atoms with Crippen molar-refractivity contribution >= 4 is 11.5 Å². The molecule has 57 valence electrons. The Morgan fingerprint density at radius 2 is 1.91 bits per heavy atom. The van der Waals surface area contributed by atoms with Gasteiger partial charge in [-0.2, -0.15) is 0 Å². The van der Waals surface area contributed by atoms with E-state index in [1.54, 1.807) is 13.0 Å². The average molecular weight is 150 g/mol. The smallest absolute Gasteiger partial charge is 0.208 e. The Morgan fingerprint density at radius 1 is 1.27 bits per heavy atom. The number of carbonyl (C=O) groups is 1. The molecule has 0 fully saturated rings. The van der Waals surface area contributed by atoms with Crippen LogP contribution >= 0.6 is 0 Å². The molecule has 0 atom stereocenters. The van der Waals surface area contributed by atoms with Crippen molar-refractivity contribution in [3.05, 3.63) is 23.3 Å². The molecule has 0 saturated heterocycles. The lowest BCUT2D eigenvalue weighted by atomic mass is 9.99. The maximum absolute atomic E-state index is 11.0. The molecule has 3 heteroatoms. The second kappa shape index (κ2) is 2.70. The minimum Gasteiger partial charge on any atom is -0.287 e. The number of allylic oxidation sites excluding steroid dienone is 4. The van der Waals surface area contributed by atoms with E-state index in [4.69, 9.17) is 0 Å². The summed E-state index contributed by atoms with van der Waals surface area (Å²) in [7, 11) is 0. The van der Waals surface area contributed by atoms with Gasteiger partial charge in [-0.3, -0.25) is 4.79 Å². The van der Waals surface area contributed by atoms with Gasteiger partial charge >= 0.3 is 0 Å². The average Bonchev–Trinajstić information content (AvgIpc) is 1.85. The van der Waals surface area contributed by atoms with Gasteiger partial charge in [-0.05, 0) is 36.2 Å². The van der Waals surface area contributed by atoms with Crippen LogP contribution in [-0.4, -0.2) is 11.5 Å². The molecule has 1 aliphatic rings. The van der Waals surface area contributed by atoms with Gasteiger partial charge in [-0.15, -0.1) is 5.21 Å². The molecular formula is C8H8NO2. The quantitative estimate of drug-likeness (QED) is 0.378. The van der Waals surface area contributed by atoms with Crippen molar-refractivity contribution in [3.8, 4) is 0 Å². The van der Waals surface area contributed by atoms with Gasteiger partial charge in [-0.25, -0.2) is 0 Å². The van der Waals surface area contributed by atoms with Crippen molar-refractivity contribution in [1.82, 2.24) is 0 Å². The van der Waals surface area contributed by atoms with Gasteiger partial charge in [0.05, 0.1) is 0 Å². The van der Waals surface area contributed by atoms with Crippen LogP contribution in [0.1, 0.15) is 13.8 Å². The first-order valence-corrected chi connectivity index (χ1v) is 3.27. The zero-order valence-electron chi connectivity index (χ0n) is 6.42. The lowest BCUT2D eigenvalue weighted by Crippen LogP contribution is -2.16. The highest BCUT2D eigenvalue weighted by molar-refractivity contribution is 6.50. The molecule has 3 nitrogen and oxygen atoms in total. The van der Waals surface area contributed by atoms with Gasteiger partial charge in [-0.1, -0.05) is 6.08 Å². The second-order valence-electron chi connectivity index (χ2n) is 2.52. The number of hydrogen-bond acceptors (Lipinski definition) is 2. The topological polar surface area (TPSA) is 49.3 Å². The standard InChI is InChI=1S/C8H8NO2/c1-5-3-6(2)8(9-11)7(10)4-5/h3-4H,1-2H3. The van der Waals surface area contributed by atoms with Crippen LogP contribution in [0.5, 0.6) is 0 Å². The normalized spacial score (nSPS) is 21.6. The Morgan fingerprint density at radius 3 is 2.36 bits per heavy atom. The second-order valence-corrected chi connectivity index (χ2v) is 2.52. The summed E-state index contributed by atoms with van der Waals surface area (Å²) in [6, 6.07) is 0. The molecule has 1 rings (SSSR count). The van der Waals surface area contributed by atoms with Crippen LogP contribution in [-0.2, 0) is 10.0 Å². The van der Waals surface area contributed by atoms with Gasteiger partial charge in [0.1, 0.15) is 0 Å². The Kier molecular flexibility index (Phi) is 1.89. The Bertz CT molecular complexity index is 284. The molecule has 11 heavy (non-hydrogen) atoms. The number of rotatable bonds is 0. The van der Waals surface area contributed by atoms with Crippen molar-refractivity contribution in [2.45, 2.75) is 13.8 Å². The number of carbonyl (C=O) groups excluding carboxylic acids is 1. The third kappa shape index (κ3) is 1.37. The highest BCUT2D eigenvalue weighted by atomic mass is 16.4. The van der Waals surface area contributed by atoms with Gasteiger partial charge < -0.3 is 0 Å². The molecule has 0 unspecified atom stereocenters. The molecule has 1 aliphatic carbocycles. The highest BCUT2D eigenvalue weighted by Crippen LogP contribution is 2.11. The van der Waals surface area contributed by atoms with Crippen LogP contribution in [0.4, 0.5) is 0 Å². The molecule has 0 spiro atoms. The van der Waals surface area contributed by atoms with E-state index in [9.17, 15) is 10.0 Å². The van der Waals surface area contributed by atoms with Crippen LogP contribution in [0.25, 0.3) is 0 Å². The minimum atomic E-state index is -0.294. The lowest BCUT2D eigenvalue weighted by molar-refractivity contribution is -0.109. The van der Waals surface area contributed by atoms with Gasteiger partial charge in [0.15, 0.2) is 5.71 Å². The summed E-state index contributed by atoms with van der Waals surface area (Å²) in [5.74, 6) is -0.294. The fourth-order valence-corrected chi connectivity index (χ4v) is 1.04. The fourth-order valence-electron chi connectivity index (χ4n) is 1.04. The van der Waals surface area contributed by atoms with Gasteiger partial charge in [0, 0.05) is 0 Å². The predicted octanol–water partition coefficient (Wildman–Crippen LogP) is 1.25. The molecule has 0 aromatic carbocycles. The highest BCUT2D eigenvalue weighted by Gasteiger charge is 2.16. The van der Waals surface area contributed by atoms with E-state index >= 15 is 0 Å². The first-order valence-electron chi connectivity index (χ1n) is 3.27. The van der Waals surface area contributed by atoms with Gasteiger partial charge in [0.25, 0.3) is 0 Å². The summed E-state index contributed by atoms with van der Waals surface area (Å²) < 4.78 is 0. The van der Waals surface area contributed by atoms with E-state index in [1.807, 2.05) is 6.92 Å². The van der Waals surface area contributed by atoms with Gasteiger partial charge in [0.2, 0.25) is 5.78 Å². The Balaban J connectivity index is 3.11. The molecule has 0 N–H and O–H groups in total. The molecule has 0 aliphatic heterocycles. The van der Waals surface area contributed by atoms with Crippen LogP contribution < -0.4 is 0 Å². The monoisotopic (exact) mass is 150 g/mol. The van der Waals surface area contributed by atoms with Crippen molar-refractivity contribution in [3.63, 3.8) is 0 Å². The van der Waals surface area contributed by atoms with E-state index in [0.717, 1.165) is 5.57 Å². The molecule has 0 saturated carbocycles. The number of nitrogens with zero attached hydrogens (tertiary/aromatic N) is 1. The summed E-state index contributed by atoms with van der Waals surface area (Å²) in [4.78, 5) is 11.0. The van der Waals surface area contributed by atoms with Crippen molar-refractivity contribution in [1.29, 1.82) is 0 Å². The molecule has 1 radical (unpaired) electrons. The van der Waals surface area contributed by atoms with Crippen molar-refractivity contribution in [2.75, 3.05) is 0 Å².